The first kappa shape index (κ1) is 13.4. The van der Waals surface area contributed by atoms with Gasteiger partial charge in [0.25, 0.3) is 0 Å². The van der Waals surface area contributed by atoms with E-state index in [2.05, 4.69) is 53.3 Å². The fourth-order valence-electron chi connectivity index (χ4n) is 2.81. The molecule has 1 aromatic heterocycles. The highest BCUT2D eigenvalue weighted by Gasteiger charge is 2.24. The number of aromatic nitrogens is 1. The summed E-state index contributed by atoms with van der Waals surface area (Å²) < 4.78 is 0. The monoisotopic (exact) mass is 250 g/mol. The molecule has 0 saturated carbocycles. The summed E-state index contributed by atoms with van der Waals surface area (Å²) in [5.41, 5.74) is 1.58. The molecule has 1 fully saturated rings. The molecule has 0 spiro atoms. The smallest absolute Gasteiger partial charge is 0.0541 e. The molecular formula is C14H26N4. The molecule has 2 rings (SSSR count). The minimum absolute atomic E-state index is 0.309. The largest absolute Gasteiger partial charge is 0.373 e. The Morgan fingerprint density at radius 3 is 2.67 bits per heavy atom. The number of nitrogens with one attached hydrogen (secondary N) is 2. The van der Waals surface area contributed by atoms with Gasteiger partial charge in [0, 0.05) is 58.7 Å². The van der Waals surface area contributed by atoms with Crippen molar-refractivity contribution < 1.29 is 0 Å². The van der Waals surface area contributed by atoms with Crippen LogP contribution in [0, 0.1) is 5.41 Å². The van der Waals surface area contributed by atoms with Crippen LogP contribution in [0.3, 0.4) is 0 Å². The van der Waals surface area contributed by atoms with Crippen molar-refractivity contribution >= 4 is 5.69 Å². The van der Waals surface area contributed by atoms with Gasteiger partial charge in [0.15, 0.2) is 0 Å². The molecule has 0 amide bonds. The molecule has 0 atom stereocenters. The lowest BCUT2D eigenvalue weighted by Gasteiger charge is -2.37. The summed E-state index contributed by atoms with van der Waals surface area (Å²) in [4.78, 5) is 8.02. The molecule has 0 aromatic carbocycles. The van der Waals surface area contributed by atoms with Crippen LogP contribution in [0.1, 0.15) is 13.8 Å². The van der Waals surface area contributed by atoms with Gasteiger partial charge in [0.1, 0.15) is 0 Å². The second-order valence-corrected chi connectivity index (χ2v) is 6.12. The summed E-state index contributed by atoms with van der Waals surface area (Å²) in [6.45, 7) is 11.6. The van der Waals surface area contributed by atoms with Crippen molar-refractivity contribution in [2.24, 2.45) is 5.41 Å². The molecule has 1 saturated heterocycles. The summed E-state index contributed by atoms with van der Waals surface area (Å²) in [5.74, 6) is 0. The highest BCUT2D eigenvalue weighted by atomic mass is 15.2. The van der Waals surface area contributed by atoms with Gasteiger partial charge in [-0.2, -0.15) is 0 Å². The Labute approximate surface area is 110 Å². The van der Waals surface area contributed by atoms with Crippen molar-refractivity contribution in [1.29, 1.82) is 0 Å². The van der Waals surface area contributed by atoms with E-state index in [1.807, 2.05) is 6.20 Å². The lowest BCUT2D eigenvalue weighted by atomic mass is 9.91. The average molecular weight is 250 g/mol. The summed E-state index contributed by atoms with van der Waals surface area (Å²) in [7, 11) is 2.17. The van der Waals surface area contributed by atoms with Gasteiger partial charge in [0.2, 0.25) is 0 Å². The average Bonchev–Trinajstić information content (AvgIpc) is 2.82. The zero-order valence-corrected chi connectivity index (χ0v) is 11.9. The van der Waals surface area contributed by atoms with Crippen LogP contribution in [0.15, 0.2) is 18.5 Å². The van der Waals surface area contributed by atoms with E-state index >= 15 is 0 Å². The maximum Gasteiger partial charge on any atom is 0.0541 e. The van der Waals surface area contributed by atoms with E-state index in [4.69, 9.17) is 0 Å². The SMILES string of the molecule is CN(CC(C)(C)CN1CCNCC1)c1cc[nH]c1. The zero-order chi connectivity index (χ0) is 13.0. The lowest BCUT2D eigenvalue weighted by Crippen LogP contribution is -2.49. The number of anilines is 1. The second-order valence-electron chi connectivity index (χ2n) is 6.12. The highest BCUT2D eigenvalue weighted by Crippen LogP contribution is 2.22. The fourth-order valence-corrected chi connectivity index (χ4v) is 2.81. The Kier molecular flexibility index (Phi) is 4.30. The standard InChI is InChI=1S/C14H26N4/c1-14(2,12-18-8-6-15-7-9-18)11-17(3)13-4-5-16-10-13/h4-5,10,15-16H,6-9,11-12H2,1-3H3. The fraction of sp³-hybridized carbons (Fsp3) is 0.714. The number of piperazine rings is 1. The Hall–Kier alpha value is -1.00. The molecular weight excluding hydrogens is 224 g/mol. The summed E-state index contributed by atoms with van der Waals surface area (Å²) in [6, 6.07) is 2.13. The molecule has 1 aliphatic rings. The van der Waals surface area contributed by atoms with Crippen molar-refractivity contribution in [2.75, 3.05) is 51.2 Å². The maximum atomic E-state index is 3.41. The molecule has 4 nitrogen and oxygen atoms in total. The third kappa shape index (κ3) is 3.75. The molecule has 1 aromatic rings. The Balaban J connectivity index is 1.85. The van der Waals surface area contributed by atoms with E-state index in [0.717, 1.165) is 19.6 Å². The number of hydrogen-bond acceptors (Lipinski definition) is 3. The number of aromatic amines is 1. The van der Waals surface area contributed by atoms with E-state index in [1.165, 1.54) is 25.3 Å². The molecule has 0 bridgehead atoms. The first-order valence-corrected chi connectivity index (χ1v) is 6.84. The van der Waals surface area contributed by atoms with Crippen LogP contribution >= 0.6 is 0 Å². The molecule has 18 heavy (non-hydrogen) atoms. The summed E-state index contributed by atoms with van der Waals surface area (Å²) in [5, 5.41) is 3.41. The van der Waals surface area contributed by atoms with E-state index in [0.29, 0.717) is 5.41 Å². The molecule has 0 radical (unpaired) electrons. The van der Waals surface area contributed by atoms with Gasteiger partial charge >= 0.3 is 0 Å². The predicted octanol–water partition coefficient (Wildman–Crippen LogP) is 1.38. The van der Waals surface area contributed by atoms with Crippen molar-refractivity contribution in [1.82, 2.24) is 15.2 Å². The van der Waals surface area contributed by atoms with Crippen molar-refractivity contribution in [3.63, 3.8) is 0 Å². The van der Waals surface area contributed by atoms with Crippen molar-refractivity contribution in [2.45, 2.75) is 13.8 Å². The summed E-state index contributed by atoms with van der Waals surface area (Å²) in [6.07, 6.45) is 4.04. The van der Waals surface area contributed by atoms with Crippen LogP contribution in [0.5, 0.6) is 0 Å². The van der Waals surface area contributed by atoms with Crippen LogP contribution in [0.2, 0.25) is 0 Å². The third-order valence-corrected chi connectivity index (χ3v) is 3.55. The van der Waals surface area contributed by atoms with Crippen LogP contribution < -0.4 is 10.2 Å². The topological polar surface area (TPSA) is 34.3 Å². The molecule has 102 valence electrons. The van der Waals surface area contributed by atoms with Gasteiger partial charge in [0.05, 0.1) is 5.69 Å². The Bertz CT molecular complexity index is 339. The molecule has 0 aliphatic carbocycles. The molecule has 4 heteroatoms. The number of rotatable bonds is 5. The van der Waals surface area contributed by atoms with E-state index < -0.39 is 0 Å². The van der Waals surface area contributed by atoms with E-state index in [9.17, 15) is 0 Å². The predicted molar refractivity (Wildman–Crippen MR) is 77.2 cm³/mol. The molecule has 2 heterocycles. The van der Waals surface area contributed by atoms with Gasteiger partial charge in [-0.15, -0.1) is 0 Å². The van der Waals surface area contributed by atoms with E-state index in [-0.39, 0.29) is 0 Å². The Morgan fingerprint density at radius 1 is 1.33 bits per heavy atom. The number of hydrogen-bond donors (Lipinski definition) is 2. The van der Waals surface area contributed by atoms with Gasteiger partial charge in [-0.3, -0.25) is 0 Å². The second kappa shape index (κ2) is 5.76. The van der Waals surface area contributed by atoms with E-state index in [1.54, 1.807) is 0 Å². The van der Waals surface area contributed by atoms with Crippen molar-refractivity contribution in [3.05, 3.63) is 18.5 Å². The number of nitrogens with zero attached hydrogens (tertiary/aromatic N) is 2. The normalized spacial score (nSPS) is 17.9. The quantitative estimate of drug-likeness (QED) is 0.828. The van der Waals surface area contributed by atoms with Crippen LogP contribution in [0.25, 0.3) is 0 Å². The molecule has 1 aliphatic heterocycles. The minimum Gasteiger partial charge on any atom is -0.373 e. The zero-order valence-electron chi connectivity index (χ0n) is 11.9. The molecule has 0 unspecified atom stereocenters. The minimum atomic E-state index is 0.309. The lowest BCUT2D eigenvalue weighted by molar-refractivity contribution is 0.164. The maximum absolute atomic E-state index is 3.41. The third-order valence-electron chi connectivity index (χ3n) is 3.55. The van der Waals surface area contributed by atoms with Crippen molar-refractivity contribution in [3.8, 4) is 0 Å². The van der Waals surface area contributed by atoms with Gasteiger partial charge < -0.3 is 20.1 Å². The Morgan fingerprint density at radius 2 is 2.06 bits per heavy atom. The van der Waals surface area contributed by atoms with Gasteiger partial charge in [-0.1, -0.05) is 13.8 Å². The first-order valence-electron chi connectivity index (χ1n) is 6.84. The van der Waals surface area contributed by atoms with Crippen LogP contribution in [-0.4, -0.2) is 56.2 Å². The summed E-state index contributed by atoms with van der Waals surface area (Å²) >= 11 is 0. The van der Waals surface area contributed by atoms with Gasteiger partial charge in [-0.05, 0) is 11.5 Å². The first-order chi connectivity index (χ1) is 8.57. The highest BCUT2D eigenvalue weighted by molar-refractivity contribution is 5.43. The van der Waals surface area contributed by atoms with Crippen LogP contribution in [0.4, 0.5) is 5.69 Å². The van der Waals surface area contributed by atoms with Crippen LogP contribution in [-0.2, 0) is 0 Å². The van der Waals surface area contributed by atoms with Gasteiger partial charge in [-0.25, -0.2) is 0 Å². The number of H-pyrrole nitrogens is 1. The molecule has 2 N–H and O–H groups in total.